The van der Waals surface area contributed by atoms with Crippen LogP contribution in [0.5, 0.6) is 0 Å². The Labute approximate surface area is 134 Å². The molecule has 0 aromatic carbocycles. The van der Waals surface area contributed by atoms with E-state index in [9.17, 15) is 9.59 Å². The molecule has 126 valence electrons. The highest BCUT2D eigenvalue weighted by molar-refractivity contribution is 5.78. The number of hydrogen-bond acceptors (Lipinski definition) is 2. The summed E-state index contributed by atoms with van der Waals surface area (Å²) in [4.78, 5) is 28.2. The van der Waals surface area contributed by atoms with Gasteiger partial charge in [0, 0.05) is 38.6 Å². The second-order valence-electron chi connectivity index (χ2n) is 7.44. The van der Waals surface area contributed by atoms with Gasteiger partial charge in [-0.15, -0.1) is 0 Å². The van der Waals surface area contributed by atoms with E-state index in [4.69, 9.17) is 0 Å². The average Bonchev–Trinajstić information content (AvgIpc) is 2.77. The molecule has 0 saturated carbocycles. The summed E-state index contributed by atoms with van der Waals surface area (Å²) < 4.78 is 0. The van der Waals surface area contributed by atoms with Gasteiger partial charge in [0.15, 0.2) is 0 Å². The lowest BCUT2D eigenvalue weighted by Gasteiger charge is -2.28. The van der Waals surface area contributed by atoms with Crippen molar-refractivity contribution in [3.05, 3.63) is 0 Å². The monoisotopic (exact) mass is 309 g/mol. The highest BCUT2D eigenvalue weighted by atomic mass is 16.2. The van der Waals surface area contributed by atoms with Crippen molar-refractivity contribution in [2.24, 2.45) is 5.41 Å². The summed E-state index contributed by atoms with van der Waals surface area (Å²) in [5.74, 6) is 0.299. The minimum atomic E-state index is 0.0509. The molecule has 2 aliphatic heterocycles. The average molecular weight is 309 g/mol. The first-order valence-corrected chi connectivity index (χ1v) is 8.75. The molecule has 0 bridgehead atoms. The molecule has 1 atom stereocenters. The van der Waals surface area contributed by atoms with Crippen LogP contribution in [0.3, 0.4) is 0 Å². The van der Waals surface area contributed by atoms with Crippen molar-refractivity contribution in [1.82, 2.24) is 15.1 Å². The lowest BCUT2D eigenvalue weighted by Crippen LogP contribution is -2.44. The van der Waals surface area contributed by atoms with E-state index in [2.05, 4.69) is 26.1 Å². The second kappa shape index (κ2) is 7.34. The number of nitrogens with one attached hydrogen (secondary N) is 1. The fourth-order valence-corrected chi connectivity index (χ4v) is 3.20. The van der Waals surface area contributed by atoms with Gasteiger partial charge < -0.3 is 15.1 Å². The maximum absolute atomic E-state index is 12.3. The molecule has 2 rings (SSSR count). The highest BCUT2D eigenvalue weighted by Crippen LogP contribution is 2.22. The Morgan fingerprint density at radius 2 is 2.00 bits per heavy atom. The Bertz CT molecular complexity index is 409. The Hall–Kier alpha value is -1.26. The van der Waals surface area contributed by atoms with Gasteiger partial charge in [0.2, 0.25) is 5.91 Å². The van der Waals surface area contributed by atoms with Gasteiger partial charge in [0.1, 0.15) is 0 Å². The lowest BCUT2D eigenvalue weighted by molar-refractivity contribution is -0.129. The van der Waals surface area contributed by atoms with E-state index in [1.165, 1.54) is 0 Å². The number of hydrogen-bond donors (Lipinski definition) is 1. The normalized spacial score (nSPS) is 23.6. The van der Waals surface area contributed by atoms with Gasteiger partial charge in [-0.25, -0.2) is 4.79 Å². The van der Waals surface area contributed by atoms with Crippen molar-refractivity contribution in [2.75, 3.05) is 26.2 Å². The zero-order valence-electron chi connectivity index (χ0n) is 14.4. The first kappa shape index (κ1) is 17.1. The molecule has 2 heterocycles. The van der Waals surface area contributed by atoms with Gasteiger partial charge >= 0.3 is 6.03 Å². The van der Waals surface area contributed by atoms with Crippen LogP contribution in [0.4, 0.5) is 4.79 Å². The third kappa shape index (κ3) is 4.37. The molecular weight excluding hydrogens is 278 g/mol. The molecule has 0 spiro atoms. The van der Waals surface area contributed by atoms with Crippen molar-refractivity contribution in [3.63, 3.8) is 0 Å². The Morgan fingerprint density at radius 1 is 1.23 bits per heavy atom. The van der Waals surface area contributed by atoms with E-state index in [1.807, 2.05) is 9.80 Å². The molecule has 22 heavy (non-hydrogen) atoms. The van der Waals surface area contributed by atoms with Crippen LogP contribution in [0.1, 0.15) is 59.3 Å². The summed E-state index contributed by atoms with van der Waals surface area (Å²) in [7, 11) is 0. The molecule has 1 unspecified atom stereocenters. The third-order valence-corrected chi connectivity index (χ3v) is 5.21. The predicted molar refractivity (Wildman–Crippen MR) is 87.6 cm³/mol. The SMILES string of the molecule is CCC(C)(C)CNC(=O)N1CCCC(N2CCCC2=O)CC1. The summed E-state index contributed by atoms with van der Waals surface area (Å²) in [6.07, 6.45) is 5.66. The van der Waals surface area contributed by atoms with Crippen molar-refractivity contribution < 1.29 is 9.59 Å². The smallest absolute Gasteiger partial charge is 0.317 e. The Balaban J connectivity index is 1.82. The Morgan fingerprint density at radius 3 is 2.64 bits per heavy atom. The van der Waals surface area contributed by atoms with E-state index >= 15 is 0 Å². The molecule has 2 saturated heterocycles. The fraction of sp³-hybridized carbons (Fsp3) is 0.882. The summed E-state index contributed by atoms with van der Waals surface area (Å²) >= 11 is 0. The molecule has 5 heteroatoms. The molecule has 1 N–H and O–H groups in total. The highest BCUT2D eigenvalue weighted by Gasteiger charge is 2.30. The molecule has 5 nitrogen and oxygen atoms in total. The number of rotatable bonds is 4. The van der Waals surface area contributed by atoms with Gasteiger partial charge in [0.05, 0.1) is 0 Å². The first-order valence-electron chi connectivity index (χ1n) is 8.75. The number of amides is 3. The van der Waals surface area contributed by atoms with Gasteiger partial charge in [0.25, 0.3) is 0 Å². The van der Waals surface area contributed by atoms with Crippen molar-refractivity contribution in [1.29, 1.82) is 0 Å². The molecule has 0 aliphatic carbocycles. The van der Waals surface area contributed by atoms with Crippen LogP contribution >= 0.6 is 0 Å². The summed E-state index contributed by atoms with van der Waals surface area (Å²) in [6, 6.07) is 0.384. The number of likely N-dealkylation sites (tertiary alicyclic amines) is 2. The van der Waals surface area contributed by atoms with Crippen LogP contribution in [-0.2, 0) is 4.79 Å². The van der Waals surface area contributed by atoms with Crippen LogP contribution < -0.4 is 5.32 Å². The first-order chi connectivity index (χ1) is 10.4. The van der Waals surface area contributed by atoms with Crippen molar-refractivity contribution >= 4 is 11.9 Å². The molecular formula is C17H31N3O2. The molecule has 3 amide bonds. The zero-order chi connectivity index (χ0) is 16.2. The van der Waals surface area contributed by atoms with Crippen LogP contribution in [0, 0.1) is 5.41 Å². The largest absolute Gasteiger partial charge is 0.340 e. The fourth-order valence-electron chi connectivity index (χ4n) is 3.20. The van der Waals surface area contributed by atoms with E-state index in [0.29, 0.717) is 24.9 Å². The Kier molecular flexibility index (Phi) is 5.70. The van der Waals surface area contributed by atoms with Crippen LogP contribution in [0.2, 0.25) is 0 Å². The number of carbonyl (C=O) groups is 2. The predicted octanol–water partition coefficient (Wildman–Crippen LogP) is 2.61. The van der Waals surface area contributed by atoms with Crippen molar-refractivity contribution in [2.45, 2.75) is 65.3 Å². The molecule has 0 aromatic heterocycles. The molecule has 0 radical (unpaired) electrons. The second-order valence-corrected chi connectivity index (χ2v) is 7.44. The van der Waals surface area contributed by atoms with E-state index in [-0.39, 0.29) is 11.4 Å². The van der Waals surface area contributed by atoms with Gasteiger partial charge in [-0.05, 0) is 37.5 Å². The zero-order valence-corrected chi connectivity index (χ0v) is 14.4. The van der Waals surface area contributed by atoms with Crippen LogP contribution in [0.25, 0.3) is 0 Å². The van der Waals surface area contributed by atoms with Crippen LogP contribution in [-0.4, -0.2) is 54.0 Å². The lowest BCUT2D eigenvalue weighted by atomic mass is 9.90. The minimum Gasteiger partial charge on any atom is -0.340 e. The summed E-state index contributed by atoms with van der Waals surface area (Å²) in [6.45, 7) is 9.67. The van der Waals surface area contributed by atoms with E-state index in [0.717, 1.165) is 51.7 Å². The van der Waals surface area contributed by atoms with E-state index < -0.39 is 0 Å². The standard InChI is InChI=1S/C17H31N3O2/c1-4-17(2,3)13-18-16(22)19-10-5-7-14(9-12-19)20-11-6-8-15(20)21/h14H,4-13H2,1-3H3,(H,18,22). The number of nitrogens with zero attached hydrogens (tertiary/aromatic N) is 2. The minimum absolute atomic E-state index is 0.0509. The van der Waals surface area contributed by atoms with Crippen LogP contribution in [0.15, 0.2) is 0 Å². The number of carbonyl (C=O) groups excluding carboxylic acids is 2. The summed E-state index contributed by atoms with van der Waals surface area (Å²) in [5.41, 5.74) is 0.145. The van der Waals surface area contributed by atoms with Gasteiger partial charge in [-0.1, -0.05) is 20.8 Å². The summed E-state index contributed by atoms with van der Waals surface area (Å²) in [5, 5.41) is 3.07. The molecule has 2 aliphatic rings. The number of urea groups is 1. The van der Waals surface area contributed by atoms with E-state index in [1.54, 1.807) is 0 Å². The quantitative estimate of drug-likeness (QED) is 0.868. The molecule has 0 aromatic rings. The maximum atomic E-state index is 12.3. The van der Waals surface area contributed by atoms with Crippen molar-refractivity contribution in [3.8, 4) is 0 Å². The van der Waals surface area contributed by atoms with Gasteiger partial charge in [-0.2, -0.15) is 0 Å². The third-order valence-electron chi connectivity index (χ3n) is 5.21. The van der Waals surface area contributed by atoms with Gasteiger partial charge in [-0.3, -0.25) is 4.79 Å². The molecule has 2 fully saturated rings. The topological polar surface area (TPSA) is 52.7 Å². The maximum Gasteiger partial charge on any atom is 0.317 e.